The highest BCUT2D eigenvalue weighted by molar-refractivity contribution is 6.08. The highest BCUT2D eigenvalue weighted by Gasteiger charge is 1.92. The summed E-state index contributed by atoms with van der Waals surface area (Å²) < 4.78 is 0. The van der Waals surface area contributed by atoms with Crippen LogP contribution in [0.4, 0.5) is 0 Å². The lowest BCUT2D eigenvalue weighted by atomic mass is 9.98. The van der Waals surface area contributed by atoms with Gasteiger partial charge in [-0.2, -0.15) is 0 Å². The molecule has 0 saturated heterocycles. The first-order valence-electron chi connectivity index (χ1n) is 7.62. The number of hydrogen-bond donors (Lipinski definition) is 0. The Kier molecular flexibility index (Phi) is 15.1. The third kappa shape index (κ3) is 14.1. The standard InChI is InChI=1S/C15H31B/c1-2-3-4-5-6-7-8-9-10-11-12-13-14-15-16/h2-15H2,1H3. The first-order valence-corrected chi connectivity index (χ1v) is 7.62. The predicted molar refractivity (Wildman–Crippen MR) is 76.3 cm³/mol. The van der Waals surface area contributed by atoms with Crippen molar-refractivity contribution < 1.29 is 0 Å². The number of unbranched alkanes of at least 4 members (excludes halogenated alkanes) is 12. The molecule has 0 saturated carbocycles. The van der Waals surface area contributed by atoms with Gasteiger partial charge < -0.3 is 0 Å². The van der Waals surface area contributed by atoms with Gasteiger partial charge in [-0.1, -0.05) is 96.7 Å². The molecule has 2 radical (unpaired) electrons. The molecule has 0 heterocycles. The molecule has 0 bridgehead atoms. The van der Waals surface area contributed by atoms with E-state index in [9.17, 15) is 0 Å². The zero-order valence-electron chi connectivity index (χ0n) is 11.5. The summed E-state index contributed by atoms with van der Waals surface area (Å²) in [6.45, 7) is 2.28. The molecule has 0 aromatic rings. The van der Waals surface area contributed by atoms with Gasteiger partial charge in [-0.05, 0) is 0 Å². The predicted octanol–water partition coefficient (Wildman–Crippen LogP) is 5.66. The van der Waals surface area contributed by atoms with Crippen LogP contribution in [0.15, 0.2) is 0 Å². The molecule has 0 aliphatic carbocycles. The molecule has 0 spiro atoms. The summed E-state index contributed by atoms with van der Waals surface area (Å²) >= 11 is 0. The quantitative estimate of drug-likeness (QED) is 0.278. The van der Waals surface area contributed by atoms with Crippen LogP contribution in [0.1, 0.15) is 90.4 Å². The van der Waals surface area contributed by atoms with E-state index in [0.717, 1.165) is 6.32 Å². The zero-order chi connectivity index (χ0) is 11.9. The molecule has 0 unspecified atom stereocenters. The summed E-state index contributed by atoms with van der Waals surface area (Å²) in [5.41, 5.74) is 0. The van der Waals surface area contributed by atoms with Crippen molar-refractivity contribution >= 4 is 7.85 Å². The largest absolute Gasteiger partial charge is 0.0887 e. The van der Waals surface area contributed by atoms with Crippen LogP contribution in [0.25, 0.3) is 0 Å². The Morgan fingerprint density at radius 3 is 1.12 bits per heavy atom. The Morgan fingerprint density at radius 1 is 0.500 bits per heavy atom. The third-order valence-electron chi connectivity index (χ3n) is 3.31. The van der Waals surface area contributed by atoms with E-state index in [-0.39, 0.29) is 0 Å². The highest BCUT2D eigenvalue weighted by Crippen LogP contribution is 2.12. The van der Waals surface area contributed by atoms with Crippen LogP contribution >= 0.6 is 0 Å². The Balaban J connectivity index is 2.83. The van der Waals surface area contributed by atoms with Crippen LogP contribution in [0.3, 0.4) is 0 Å². The van der Waals surface area contributed by atoms with Crippen LogP contribution < -0.4 is 0 Å². The van der Waals surface area contributed by atoms with Crippen LogP contribution in [-0.2, 0) is 0 Å². The maximum absolute atomic E-state index is 5.46. The summed E-state index contributed by atoms with van der Waals surface area (Å²) in [7, 11) is 5.46. The van der Waals surface area contributed by atoms with Gasteiger partial charge in [0.25, 0.3) is 0 Å². The van der Waals surface area contributed by atoms with Gasteiger partial charge in [0.1, 0.15) is 0 Å². The van der Waals surface area contributed by atoms with Gasteiger partial charge in [-0.3, -0.25) is 0 Å². The van der Waals surface area contributed by atoms with Crippen molar-refractivity contribution in [3.05, 3.63) is 0 Å². The lowest BCUT2D eigenvalue weighted by molar-refractivity contribution is 0.542. The van der Waals surface area contributed by atoms with E-state index in [2.05, 4.69) is 6.92 Å². The Hall–Kier alpha value is 0.0649. The first kappa shape index (κ1) is 16.1. The van der Waals surface area contributed by atoms with E-state index in [0.29, 0.717) is 0 Å². The topological polar surface area (TPSA) is 0 Å². The second kappa shape index (κ2) is 15.1. The third-order valence-corrected chi connectivity index (χ3v) is 3.31. The summed E-state index contributed by atoms with van der Waals surface area (Å²) in [6.07, 6.45) is 19.3. The number of hydrogen-bond acceptors (Lipinski definition) is 0. The molecule has 0 rings (SSSR count). The molecule has 0 fully saturated rings. The van der Waals surface area contributed by atoms with E-state index in [1.807, 2.05) is 0 Å². The van der Waals surface area contributed by atoms with Crippen molar-refractivity contribution in [1.29, 1.82) is 0 Å². The molecule has 0 aromatic heterocycles. The monoisotopic (exact) mass is 222 g/mol. The lowest BCUT2D eigenvalue weighted by Crippen LogP contribution is -1.82. The van der Waals surface area contributed by atoms with Gasteiger partial charge in [-0.25, -0.2) is 0 Å². The lowest BCUT2D eigenvalue weighted by Gasteiger charge is -2.02. The van der Waals surface area contributed by atoms with E-state index >= 15 is 0 Å². The fraction of sp³-hybridized carbons (Fsp3) is 1.00. The Bertz CT molecular complexity index is 98.0. The summed E-state index contributed by atoms with van der Waals surface area (Å²) in [5.74, 6) is 0. The van der Waals surface area contributed by atoms with E-state index in [1.165, 1.54) is 83.5 Å². The molecule has 1 heteroatoms. The maximum Gasteiger partial charge on any atom is 0.0653 e. The summed E-state index contributed by atoms with van der Waals surface area (Å²) in [5, 5.41) is 0. The van der Waals surface area contributed by atoms with Gasteiger partial charge in [0.15, 0.2) is 0 Å². The van der Waals surface area contributed by atoms with Crippen molar-refractivity contribution in [1.82, 2.24) is 0 Å². The molecular weight excluding hydrogens is 191 g/mol. The molecular formula is C15H31B. The van der Waals surface area contributed by atoms with Gasteiger partial charge in [0, 0.05) is 0 Å². The smallest absolute Gasteiger partial charge is 0.0653 e. The Labute approximate surface area is 105 Å². The van der Waals surface area contributed by atoms with Crippen molar-refractivity contribution in [3.8, 4) is 0 Å². The molecule has 0 N–H and O–H groups in total. The van der Waals surface area contributed by atoms with Crippen molar-refractivity contribution in [2.45, 2.75) is 96.7 Å². The van der Waals surface area contributed by atoms with Gasteiger partial charge >= 0.3 is 0 Å². The average molecular weight is 222 g/mol. The molecule has 0 aliphatic rings. The maximum atomic E-state index is 5.46. The van der Waals surface area contributed by atoms with Crippen LogP contribution in [0, 0.1) is 0 Å². The van der Waals surface area contributed by atoms with Crippen molar-refractivity contribution in [3.63, 3.8) is 0 Å². The zero-order valence-corrected chi connectivity index (χ0v) is 11.5. The summed E-state index contributed by atoms with van der Waals surface area (Å²) in [6, 6.07) is 0. The second-order valence-corrected chi connectivity index (χ2v) is 5.03. The molecule has 0 atom stereocenters. The van der Waals surface area contributed by atoms with Crippen LogP contribution in [0.5, 0.6) is 0 Å². The molecule has 0 aliphatic heterocycles. The minimum absolute atomic E-state index is 0.873. The molecule has 16 heavy (non-hydrogen) atoms. The molecule has 0 nitrogen and oxygen atoms in total. The average Bonchev–Trinajstić information content (AvgIpc) is 2.31. The molecule has 0 amide bonds. The van der Waals surface area contributed by atoms with Gasteiger partial charge in [-0.15, -0.1) is 0 Å². The first-order chi connectivity index (χ1) is 7.91. The second-order valence-electron chi connectivity index (χ2n) is 5.03. The van der Waals surface area contributed by atoms with Crippen molar-refractivity contribution in [2.75, 3.05) is 0 Å². The van der Waals surface area contributed by atoms with E-state index in [1.54, 1.807) is 0 Å². The summed E-state index contributed by atoms with van der Waals surface area (Å²) in [4.78, 5) is 0. The van der Waals surface area contributed by atoms with E-state index < -0.39 is 0 Å². The normalized spacial score (nSPS) is 10.8. The SMILES string of the molecule is [B]CCCCCCCCCCCCCCC. The molecule has 94 valence electrons. The fourth-order valence-electron chi connectivity index (χ4n) is 2.16. The highest BCUT2D eigenvalue weighted by atomic mass is 14.0. The molecule has 0 aromatic carbocycles. The minimum Gasteiger partial charge on any atom is -0.0887 e. The van der Waals surface area contributed by atoms with E-state index in [4.69, 9.17) is 7.85 Å². The van der Waals surface area contributed by atoms with Crippen LogP contribution in [0.2, 0.25) is 6.32 Å². The van der Waals surface area contributed by atoms with Gasteiger partial charge in [0.05, 0.1) is 7.85 Å². The number of rotatable bonds is 13. The van der Waals surface area contributed by atoms with Crippen LogP contribution in [-0.4, -0.2) is 7.85 Å². The minimum atomic E-state index is 0.873. The van der Waals surface area contributed by atoms with Gasteiger partial charge in [0.2, 0.25) is 0 Å². The van der Waals surface area contributed by atoms with Crippen molar-refractivity contribution in [2.24, 2.45) is 0 Å². The Morgan fingerprint density at radius 2 is 0.812 bits per heavy atom. The fourth-order valence-corrected chi connectivity index (χ4v) is 2.16.